The third-order valence-electron chi connectivity index (χ3n) is 2.98. The van der Waals surface area contributed by atoms with Gasteiger partial charge in [-0.1, -0.05) is 0 Å². The molecule has 7 nitrogen and oxygen atoms in total. The van der Waals surface area contributed by atoms with Gasteiger partial charge in [-0.05, 0) is 6.42 Å². The third-order valence-corrected chi connectivity index (χ3v) is 2.98. The summed E-state index contributed by atoms with van der Waals surface area (Å²) >= 11 is 0. The van der Waals surface area contributed by atoms with Crippen LogP contribution in [0.25, 0.3) is 0 Å². The first-order valence-electron chi connectivity index (χ1n) is 6.49. The molecule has 1 saturated heterocycles. The molecule has 22 heavy (non-hydrogen) atoms. The molecule has 0 unspecified atom stereocenters. The lowest BCUT2D eigenvalue weighted by molar-refractivity contribution is -0.192. The monoisotopic (exact) mass is 323 g/mol. The fraction of sp³-hybridized carbons (Fsp3) is 0.583. The summed E-state index contributed by atoms with van der Waals surface area (Å²) in [6.45, 7) is 4.90. The van der Waals surface area contributed by atoms with E-state index in [0.29, 0.717) is 12.0 Å². The van der Waals surface area contributed by atoms with Crippen LogP contribution >= 0.6 is 0 Å². The molecule has 0 bridgehead atoms. The van der Waals surface area contributed by atoms with Gasteiger partial charge >= 0.3 is 12.1 Å². The number of rotatable bonds is 3. The highest BCUT2D eigenvalue weighted by Gasteiger charge is 2.38. The Morgan fingerprint density at radius 2 is 1.82 bits per heavy atom. The van der Waals surface area contributed by atoms with Gasteiger partial charge in [-0.3, -0.25) is 14.9 Å². The van der Waals surface area contributed by atoms with E-state index in [1.54, 1.807) is 0 Å². The van der Waals surface area contributed by atoms with E-state index in [0.717, 1.165) is 32.7 Å². The van der Waals surface area contributed by atoms with E-state index in [2.05, 4.69) is 15.5 Å². The molecule has 2 aliphatic rings. The lowest BCUT2D eigenvalue weighted by Gasteiger charge is -2.26. The topological polar surface area (TPSA) is 98.7 Å². The van der Waals surface area contributed by atoms with Crippen LogP contribution in [0.5, 0.6) is 0 Å². The van der Waals surface area contributed by atoms with Crippen LogP contribution in [0, 0.1) is 0 Å². The van der Waals surface area contributed by atoms with Crippen molar-refractivity contribution in [3.8, 4) is 0 Å². The van der Waals surface area contributed by atoms with E-state index < -0.39 is 12.1 Å². The lowest BCUT2D eigenvalue weighted by Crippen LogP contribution is -2.43. The number of carbonyl (C=O) groups excluding carboxylic acids is 2. The van der Waals surface area contributed by atoms with Crippen molar-refractivity contribution in [2.24, 2.45) is 0 Å². The zero-order chi connectivity index (χ0) is 16.8. The number of nitrogens with zero attached hydrogens (tertiary/aromatic N) is 1. The highest BCUT2D eigenvalue weighted by molar-refractivity contribution is 6.16. The molecule has 3 N–H and O–H groups in total. The van der Waals surface area contributed by atoms with Crippen LogP contribution in [0.2, 0.25) is 0 Å². The first-order valence-corrected chi connectivity index (χ1v) is 6.49. The van der Waals surface area contributed by atoms with E-state index in [-0.39, 0.29) is 11.8 Å². The molecule has 124 valence electrons. The fourth-order valence-corrected chi connectivity index (χ4v) is 1.85. The summed E-state index contributed by atoms with van der Waals surface area (Å²) in [5.41, 5.74) is 0.610. The number of carboxylic acids is 1. The predicted molar refractivity (Wildman–Crippen MR) is 68.9 cm³/mol. The molecule has 0 saturated carbocycles. The van der Waals surface area contributed by atoms with E-state index in [1.165, 1.54) is 6.08 Å². The Labute approximate surface area is 124 Å². The smallest absolute Gasteiger partial charge is 0.475 e. The summed E-state index contributed by atoms with van der Waals surface area (Å²) in [5.74, 6) is -3.27. The van der Waals surface area contributed by atoms with Crippen LogP contribution < -0.4 is 10.6 Å². The molecule has 0 aromatic heterocycles. The van der Waals surface area contributed by atoms with Gasteiger partial charge in [0, 0.05) is 44.4 Å². The van der Waals surface area contributed by atoms with Gasteiger partial charge in [0.05, 0.1) is 0 Å². The minimum Gasteiger partial charge on any atom is -0.475 e. The normalized spacial score (nSPS) is 19.1. The van der Waals surface area contributed by atoms with E-state index in [9.17, 15) is 22.8 Å². The summed E-state index contributed by atoms with van der Waals surface area (Å²) in [5, 5.41) is 12.6. The van der Waals surface area contributed by atoms with Crippen molar-refractivity contribution >= 4 is 17.8 Å². The Hall–Kier alpha value is -1.94. The van der Waals surface area contributed by atoms with Crippen LogP contribution in [0.15, 0.2) is 11.6 Å². The fourth-order valence-electron chi connectivity index (χ4n) is 1.85. The quantitative estimate of drug-likeness (QED) is 0.606. The van der Waals surface area contributed by atoms with Crippen molar-refractivity contribution in [3.63, 3.8) is 0 Å². The first kappa shape index (κ1) is 18.1. The lowest BCUT2D eigenvalue weighted by atomic mass is 10.2. The summed E-state index contributed by atoms with van der Waals surface area (Å²) in [6, 6.07) is 0. The van der Waals surface area contributed by atoms with E-state index >= 15 is 0 Å². The average Bonchev–Trinajstić information content (AvgIpc) is 2.75. The van der Waals surface area contributed by atoms with Gasteiger partial charge in [0.15, 0.2) is 0 Å². The number of imide groups is 1. The van der Waals surface area contributed by atoms with Gasteiger partial charge < -0.3 is 15.3 Å². The van der Waals surface area contributed by atoms with Gasteiger partial charge in [-0.25, -0.2) is 4.79 Å². The molecule has 0 spiro atoms. The molecule has 1 fully saturated rings. The number of hydrogen-bond donors (Lipinski definition) is 3. The van der Waals surface area contributed by atoms with E-state index in [4.69, 9.17) is 9.90 Å². The number of alkyl halides is 3. The molecule has 0 aromatic rings. The molecule has 2 heterocycles. The molecule has 0 radical (unpaired) electrons. The van der Waals surface area contributed by atoms with Crippen molar-refractivity contribution in [2.75, 3.05) is 32.7 Å². The number of amides is 2. The number of aliphatic carboxylic acids is 1. The molecule has 2 aliphatic heterocycles. The molecule has 2 amide bonds. The minimum absolute atomic E-state index is 0.227. The molecule has 0 atom stereocenters. The van der Waals surface area contributed by atoms with Crippen LogP contribution in [0.3, 0.4) is 0 Å². The van der Waals surface area contributed by atoms with Crippen molar-refractivity contribution in [2.45, 2.75) is 12.6 Å². The van der Waals surface area contributed by atoms with Crippen LogP contribution in [0.4, 0.5) is 13.2 Å². The third kappa shape index (κ3) is 6.22. The Morgan fingerprint density at radius 1 is 1.27 bits per heavy atom. The Balaban J connectivity index is 0.000000295. The number of nitrogens with one attached hydrogen (secondary N) is 2. The highest BCUT2D eigenvalue weighted by atomic mass is 19.4. The van der Waals surface area contributed by atoms with Crippen molar-refractivity contribution in [1.29, 1.82) is 0 Å². The molecule has 0 aliphatic carbocycles. The summed E-state index contributed by atoms with van der Waals surface area (Å²) < 4.78 is 31.7. The SMILES string of the molecule is O=C(O)C(F)(F)F.O=C1C=C(CCN2CCNCC2)C(=O)N1. The van der Waals surface area contributed by atoms with Crippen LogP contribution in [-0.2, 0) is 14.4 Å². The minimum atomic E-state index is -5.08. The van der Waals surface area contributed by atoms with Gasteiger partial charge in [0.2, 0.25) is 0 Å². The summed E-state index contributed by atoms with van der Waals surface area (Å²) in [4.78, 5) is 33.3. The van der Waals surface area contributed by atoms with Gasteiger partial charge in [-0.2, -0.15) is 13.2 Å². The van der Waals surface area contributed by atoms with Crippen LogP contribution in [-0.4, -0.2) is 66.7 Å². The maximum absolute atomic E-state index is 11.2. The Morgan fingerprint density at radius 3 is 2.23 bits per heavy atom. The number of hydrogen-bond acceptors (Lipinski definition) is 5. The number of halogens is 3. The Bertz CT molecular complexity index is 471. The van der Waals surface area contributed by atoms with Gasteiger partial charge in [0.1, 0.15) is 0 Å². The largest absolute Gasteiger partial charge is 0.490 e. The molecule has 2 rings (SSSR count). The average molecular weight is 323 g/mol. The van der Waals surface area contributed by atoms with E-state index in [1.807, 2.05) is 0 Å². The number of piperazine rings is 1. The second kappa shape index (κ2) is 7.90. The standard InChI is InChI=1S/C10H15N3O2.C2HF3O2/c14-9-7-8(10(15)12-9)1-4-13-5-2-11-3-6-13;3-2(4,5)1(6)7/h7,11H,1-6H2,(H,12,14,15);(H,6,7). The molecule has 10 heteroatoms. The highest BCUT2D eigenvalue weighted by Crippen LogP contribution is 2.13. The molecular formula is C12H16F3N3O4. The second-order valence-electron chi connectivity index (χ2n) is 4.63. The second-order valence-corrected chi connectivity index (χ2v) is 4.63. The number of carbonyl (C=O) groups is 3. The predicted octanol–water partition coefficient (Wildman–Crippen LogP) is -0.502. The zero-order valence-corrected chi connectivity index (χ0v) is 11.6. The molecule has 0 aromatic carbocycles. The molecular weight excluding hydrogens is 307 g/mol. The Kier molecular flexibility index (Phi) is 6.50. The maximum atomic E-state index is 11.2. The van der Waals surface area contributed by atoms with Gasteiger partial charge in [-0.15, -0.1) is 0 Å². The summed E-state index contributed by atoms with van der Waals surface area (Å²) in [6.07, 6.45) is -3.01. The van der Waals surface area contributed by atoms with Gasteiger partial charge in [0.25, 0.3) is 11.8 Å². The van der Waals surface area contributed by atoms with Crippen LogP contribution in [0.1, 0.15) is 6.42 Å². The van der Waals surface area contributed by atoms with Crippen molar-refractivity contribution in [1.82, 2.24) is 15.5 Å². The zero-order valence-electron chi connectivity index (χ0n) is 11.6. The number of carboxylic acid groups (broad SMARTS) is 1. The van der Waals surface area contributed by atoms with Crippen molar-refractivity contribution in [3.05, 3.63) is 11.6 Å². The maximum Gasteiger partial charge on any atom is 0.490 e. The summed E-state index contributed by atoms with van der Waals surface area (Å²) in [7, 11) is 0. The first-order chi connectivity index (χ1) is 10.2. The van der Waals surface area contributed by atoms with Crippen molar-refractivity contribution < 1.29 is 32.7 Å².